The summed E-state index contributed by atoms with van der Waals surface area (Å²) in [5, 5.41) is 9.80. The van der Waals surface area contributed by atoms with E-state index in [1.54, 1.807) is 54.6 Å². The zero-order chi connectivity index (χ0) is 17.3. The van der Waals surface area contributed by atoms with Gasteiger partial charge < -0.3 is 15.7 Å². The predicted molar refractivity (Wildman–Crippen MR) is 86.2 cm³/mol. The average molecular weight is 324 g/mol. The monoisotopic (exact) mass is 324 g/mol. The number of amides is 2. The van der Waals surface area contributed by atoms with Crippen molar-refractivity contribution in [3.8, 4) is 0 Å². The van der Waals surface area contributed by atoms with Gasteiger partial charge in [0.1, 0.15) is 12.5 Å². The first-order valence-corrected chi connectivity index (χ1v) is 7.46. The standard InChI is InChI=1S/C18H16N2O4/c19-14(21)10-20-16(11-6-2-1-3-7-11)15(18(23)24)12-8-4-5-9-13(12)17(20)22/h1-9,15-16H,10H2,(H2,19,21)(H,23,24). The van der Waals surface area contributed by atoms with Crippen molar-refractivity contribution < 1.29 is 19.5 Å². The summed E-state index contributed by atoms with van der Waals surface area (Å²) >= 11 is 0. The van der Waals surface area contributed by atoms with E-state index in [2.05, 4.69) is 0 Å². The summed E-state index contributed by atoms with van der Waals surface area (Å²) in [5.41, 5.74) is 6.67. The number of benzene rings is 2. The van der Waals surface area contributed by atoms with Crippen molar-refractivity contribution in [2.24, 2.45) is 5.73 Å². The minimum absolute atomic E-state index is 0.290. The molecule has 0 aromatic heterocycles. The van der Waals surface area contributed by atoms with Gasteiger partial charge >= 0.3 is 5.97 Å². The zero-order valence-corrected chi connectivity index (χ0v) is 12.8. The van der Waals surface area contributed by atoms with Crippen LogP contribution in [0.2, 0.25) is 0 Å². The Morgan fingerprint density at radius 1 is 1.04 bits per heavy atom. The molecule has 24 heavy (non-hydrogen) atoms. The van der Waals surface area contributed by atoms with Gasteiger partial charge in [0.2, 0.25) is 5.91 Å². The molecule has 2 aromatic rings. The maximum atomic E-state index is 12.8. The lowest BCUT2D eigenvalue weighted by atomic mass is 9.80. The number of rotatable bonds is 4. The minimum atomic E-state index is -1.06. The zero-order valence-electron chi connectivity index (χ0n) is 12.8. The van der Waals surface area contributed by atoms with Gasteiger partial charge in [0.25, 0.3) is 5.91 Å². The number of hydrogen-bond acceptors (Lipinski definition) is 3. The Labute approximate surface area is 138 Å². The van der Waals surface area contributed by atoms with E-state index in [0.29, 0.717) is 16.7 Å². The van der Waals surface area contributed by atoms with Gasteiger partial charge in [0.05, 0.1) is 6.04 Å². The number of nitrogens with two attached hydrogens (primary N) is 1. The summed E-state index contributed by atoms with van der Waals surface area (Å²) in [5.74, 6) is -3.11. The van der Waals surface area contributed by atoms with Crippen molar-refractivity contribution in [2.75, 3.05) is 6.54 Å². The Bertz CT molecular complexity index is 804. The van der Waals surface area contributed by atoms with Gasteiger partial charge in [-0.2, -0.15) is 0 Å². The first-order chi connectivity index (χ1) is 11.5. The highest BCUT2D eigenvalue weighted by Crippen LogP contribution is 2.42. The molecule has 122 valence electrons. The fraction of sp³-hybridized carbons (Fsp3) is 0.167. The molecule has 0 bridgehead atoms. The van der Waals surface area contributed by atoms with E-state index >= 15 is 0 Å². The number of hydrogen-bond donors (Lipinski definition) is 2. The molecule has 1 aliphatic rings. The smallest absolute Gasteiger partial charge is 0.313 e. The van der Waals surface area contributed by atoms with Crippen LogP contribution < -0.4 is 5.73 Å². The predicted octanol–water partition coefficient (Wildman–Crippen LogP) is 1.54. The number of carbonyl (C=O) groups excluding carboxylic acids is 2. The van der Waals surface area contributed by atoms with Gasteiger partial charge in [0, 0.05) is 5.56 Å². The van der Waals surface area contributed by atoms with Crippen molar-refractivity contribution in [3.05, 3.63) is 71.3 Å². The van der Waals surface area contributed by atoms with Gasteiger partial charge in [-0.3, -0.25) is 14.4 Å². The van der Waals surface area contributed by atoms with Crippen LogP contribution in [-0.4, -0.2) is 34.3 Å². The summed E-state index contributed by atoms with van der Waals surface area (Å²) in [6, 6.07) is 14.6. The van der Waals surface area contributed by atoms with Gasteiger partial charge in [-0.1, -0.05) is 48.5 Å². The number of carboxylic acids is 1. The van der Waals surface area contributed by atoms with Gasteiger partial charge in [-0.05, 0) is 17.2 Å². The lowest BCUT2D eigenvalue weighted by Gasteiger charge is -2.40. The van der Waals surface area contributed by atoms with Crippen molar-refractivity contribution in [3.63, 3.8) is 0 Å². The Kier molecular flexibility index (Phi) is 4.04. The van der Waals surface area contributed by atoms with Crippen LogP contribution in [0.5, 0.6) is 0 Å². The molecule has 0 aliphatic carbocycles. The van der Waals surface area contributed by atoms with Crippen LogP contribution in [0.15, 0.2) is 54.6 Å². The molecule has 0 saturated carbocycles. The van der Waals surface area contributed by atoms with Crippen LogP contribution in [0.4, 0.5) is 0 Å². The molecule has 2 unspecified atom stereocenters. The minimum Gasteiger partial charge on any atom is -0.481 e. The molecule has 1 aliphatic heterocycles. The molecule has 2 atom stereocenters. The molecular weight excluding hydrogens is 308 g/mol. The van der Waals surface area contributed by atoms with E-state index in [4.69, 9.17) is 5.73 Å². The Morgan fingerprint density at radius 3 is 2.29 bits per heavy atom. The summed E-state index contributed by atoms with van der Waals surface area (Å²) in [4.78, 5) is 37.5. The molecule has 0 spiro atoms. The second kappa shape index (κ2) is 6.16. The van der Waals surface area contributed by atoms with Crippen LogP contribution in [0.25, 0.3) is 0 Å². The molecule has 3 N–H and O–H groups in total. The summed E-state index contributed by atoms with van der Waals surface area (Å²) < 4.78 is 0. The third-order valence-electron chi connectivity index (χ3n) is 4.17. The van der Waals surface area contributed by atoms with Crippen molar-refractivity contribution in [1.29, 1.82) is 0 Å². The molecule has 0 saturated heterocycles. The number of aliphatic carboxylic acids is 1. The summed E-state index contributed by atoms with van der Waals surface area (Å²) in [6.45, 7) is -0.337. The summed E-state index contributed by atoms with van der Waals surface area (Å²) in [7, 11) is 0. The molecule has 2 amide bonds. The van der Waals surface area contributed by atoms with Crippen molar-refractivity contribution in [1.82, 2.24) is 4.90 Å². The first kappa shape index (κ1) is 15.7. The molecule has 1 heterocycles. The van der Waals surface area contributed by atoms with Crippen LogP contribution >= 0.6 is 0 Å². The highest BCUT2D eigenvalue weighted by Gasteiger charge is 2.44. The number of carbonyl (C=O) groups is 3. The fourth-order valence-electron chi connectivity index (χ4n) is 3.22. The Hall–Kier alpha value is -3.15. The highest BCUT2D eigenvalue weighted by molar-refractivity contribution is 6.01. The number of carboxylic acid groups (broad SMARTS) is 1. The number of nitrogens with zero attached hydrogens (tertiary/aromatic N) is 1. The lowest BCUT2D eigenvalue weighted by molar-refractivity contribution is -0.141. The van der Waals surface area contributed by atoms with E-state index in [1.165, 1.54) is 4.90 Å². The Balaban J connectivity index is 2.22. The average Bonchev–Trinajstić information content (AvgIpc) is 2.57. The molecular formula is C18H16N2O4. The maximum absolute atomic E-state index is 12.8. The number of fused-ring (bicyclic) bond motifs is 1. The summed E-state index contributed by atoms with van der Waals surface area (Å²) in [6.07, 6.45) is 0. The van der Waals surface area contributed by atoms with E-state index in [9.17, 15) is 19.5 Å². The van der Waals surface area contributed by atoms with E-state index in [1.807, 2.05) is 0 Å². The largest absolute Gasteiger partial charge is 0.481 e. The third kappa shape index (κ3) is 2.62. The van der Waals surface area contributed by atoms with Crippen LogP contribution in [0.1, 0.15) is 33.4 Å². The topological polar surface area (TPSA) is 101 Å². The fourth-order valence-corrected chi connectivity index (χ4v) is 3.22. The SMILES string of the molecule is NC(=O)CN1C(=O)c2ccccc2C(C(=O)O)C1c1ccccc1. The second-order valence-electron chi connectivity index (χ2n) is 5.66. The van der Waals surface area contributed by atoms with Crippen LogP contribution in [0, 0.1) is 0 Å². The maximum Gasteiger partial charge on any atom is 0.313 e. The molecule has 0 fully saturated rings. The van der Waals surface area contributed by atoms with Crippen LogP contribution in [-0.2, 0) is 9.59 Å². The van der Waals surface area contributed by atoms with Crippen LogP contribution in [0.3, 0.4) is 0 Å². The molecule has 2 aromatic carbocycles. The molecule has 3 rings (SSSR count). The highest BCUT2D eigenvalue weighted by atomic mass is 16.4. The Morgan fingerprint density at radius 2 is 1.67 bits per heavy atom. The molecule has 6 nitrogen and oxygen atoms in total. The van der Waals surface area contributed by atoms with E-state index in [-0.39, 0.29) is 6.54 Å². The lowest BCUT2D eigenvalue weighted by Crippen LogP contribution is -2.48. The van der Waals surface area contributed by atoms with E-state index < -0.39 is 29.7 Å². The van der Waals surface area contributed by atoms with E-state index in [0.717, 1.165) is 0 Å². The van der Waals surface area contributed by atoms with Crippen molar-refractivity contribution in [2.45, 2.75) is 12.0 Å². The van der Waals surface area contributed by atoms with Crippen molar-refractivity contribution >= 4 is 17.8 Å². The quantitative estimate of drug-likeness (QED) is 0.890. The van der Waals surface area contributed by atoms with Gasteiger partial charge in [-0.25, -0.2) is 0 Å². The normalized spacial score (nSPS) is 19.7. The second-order valence-corrected chi connectivity index (χ2v) is 5.66. The third-order valence-corrected chi connectivity index (χ3v) is 4.17. The molecule has 6 heteroatoms. The molecule has 0 radical (unpaired) electrons. The van der Waals surface area contributed by atoms with Gasteiger partial charge in [-0.15, -0.1) is 0 Å². The number of primary amides is 1. The van der Waals surface area contributed by atoms with Gasteiger partial charge in [0.15, 0.2) is 0 Å². The first-order valence-electron chi connectivity index (χ1n) is 7.46.